The Kier molecular flexibility index (Phi) is 8.06. The average molecular weight is 425 g/mol. The second-order valence-electron chi connectivity index (χ2n) is 8.55. The van der Waals surface area contributed by atoms with E-state index in [1.165, 1.54) is 17.5 Å². The quantitative estimate of drug-likeness (QED) is 0.743. The minimum absolute atomic E-state index is 0. The molecule has 156 valence electrons. The molecule has 0 bridgehead atoms. The first-order valence-electron chi connectivity index (χ1n) is 10.6. The van der Waals surface area contributed by atoms with E-state index in [0.29, 0.717) is 17.9 Å². The Hall–Kier alpha value is -1.98. The zero-order valence-electron chi connectivity index (χ0n) is 19.7. The van der Waals surface area contributed by atoms with Crippen LogP contribution < -0.4 is 34.9 Å². The molecule has 0 aromatic heterocycles. The number of amides is 1. The molecule has 5 heteroatoms. The number of carbonyl (C=O) groups excluding carboxylic acids is 2. The van der Waals surface area contributed by atoms with Gasteiger partial charge in [-0.25, -0.2) is 0 Å². The number of nitrogens with one attached hydrogen (secondary N) is 1. The van der Waals surface area contributed by atoms with Crippen molar-refractivity contribution in [1.82, 2.24) is 4.90 Å². The molecule has 0 spiro atoms. The summed E-state index contributed by atoms with van der Waals surface area (Å²) in [6.45, 7) is 1.12. The van der Waals surface area contributed by atoms with Crippen molar-refractivity contribution in [1.29, 1.82) is 0 Å². The minimum atomic E-state index is -0.105. The van der Waals surface area contributed by atoms with Crippen molar-refractivity contribution in [2.24, 2.45) is 5.92 Å². The van der Waals surface area contributed by atoms with Crippen LogP contribution in [0.2, 0.25) is 0 Å². The van der Waals surface area contributed by atoms with Crippen LogP contribution in [0.1, 0.15) is 41.3 Å². The number of hydrogen-bond donors (Lipinski definition) is 1. The maximum atomic E-state index is 12.7. The number of allylic oxidation sites excluding steroid dienone is 4. The number of nitrogens with zero attached hydrogens (tertiary/aromatic N) is 1. The standard InChI is InChI=1S/C26H28N2O2.Na.H/c1-28(2)17-18-3-4-23-16-24(12-9-22(23)15-18)27-26(30)21-7-5-19(6-8-21)20-10-13-25(29)14-11-20;;/h5-13,16,18H,3-4,14-15,17H2,1-2H3,(H,27,30);;/q;+1;-1. The summed E-state index contributed by atoms with van der Waals surface area (Å²) < 4.78 is 0. The molecule has 0 heterocycles. The van der Waals surface area contributed by atoms with Crippen LogP contribution in [-0.4, -0.2) is 37.2 Å². The first-order chi connectivity index (χ1) is 14.5. The van der Waals surface area contributed by atoms with Gasteiger partial charge in [0.05, 0.1) is 0 Å². The third-order valence-electron chi connectivity index (χ3n) is 5.87. The van der Waals surface area contributed by atoms with Crippen LogP contribution in [0, 0.1) is 5.92 Å². The van der Waals surface area contributed by atoms with Gasteiger partial charge in [-0.2, -0.15) is 0 Å². The number of ketones is 1. The maximum Gasteiger partial charge on any atom is 1.00 e. The molecule has 1 unspecified atom stereocenters. The van der Waals surface area contributed by atoms with E-state index in [9.17, 15) is 9.59 Å². The number of rotatable bonds is 5. The summed E-state index contributed by atoms with van der Waals surface area (Å²) in [6.07, 6.45) is 9.16. The van der Waals surface area contributed by atoms with Gasteiger partial charge in [0, 0.05) is 24.2 Å². The molecule has 0 saturated carbocycles. The van der Waals surface area contributed by atoms with E-state index in [1.807, 2.05) is 42.5 Å². The minimum Gasteiger partial charge on any atom is -1.00 e. The zero-order chi connectivity index (χ0) is 21.1. The van der Waals surface area contributed by atoms with Crippen LogP contribution in [0.5, 0.6) is 0 Å². The monoisotopic (exact) mass is 424 g/mol. The van der Waals surface area contributed by atoms with Crippen molar-refractivity contribution in [3.8, 4) is 0 Å². The number of fused-ring (bicyclic) bond motifs is 1. The molecule has 0 fully saturated rings. The van der Waals surface area contributed by atoms with Gasteiger partial charge in [-0.05, 0) is 91.9 Å². The maximum absolute atomic E-state index is 12.7. The average Bonchev–Trinajstić information content (AvgIpc) is 2.74. The second kappa shape index (κ2) is 10.6. The molecule has 0 aliphatic heterocycles. The summed E-state index contributed by atoms with van der Waals surface area (Å²) in [5.41, 5.74) is 6.26. The van der Waals surface area contributed by atoms with Crippen LogP contribution in [0.25, 0.3) is 5.57 Å². The molecule has 1 N–H and O–H groups in total. The van der Waals surface area contributed by atoms with Gasteiger partial charge in [0.1, 0.15) is 0 Å². The van der Waals surface area contributed by atoms with E-state index in [-0.39, 0.29) is 42.7 Å². The molecular formula is C26H29N2NaO2. The van der Waals surface area contributed by atoms with Gasteiger partial charge in [-0.1, -0.05) is 30.4 Å². The molecule has 4 nitrogen and oxygen atoms in total. The number of anilines is 1. The normalized spacial score (nSPS) is 17.6. The van der Waals surface area contributed by atoms with Gasteiger partial charge < -0.3 is 11.6 Å². The third kappa shape index (κ3) is 6.05. The molecule has 2 aromatic rings. The number of benzene rings is 2. The van der Waals surface area contributed by atoms with Crippen molar-refractivity contribution < 1.29 is 40.6 Å². The molecule has 4 rings (SSSR count). The summed E-state index contributed by atoms with van der Waals surface area (Å²) in [5.74, 6) is 0.720. The number of aryl methyl sites for hydroxylation is 1. The van der Waals surface area contributed by atoms with Crippen LogP contribution >= 0.6 is 0 Å². The first-order valence-corrected chi connectivity index (χ1v) is 10.6. The zero-order valence-corrected chi connectivity index (χ0v) is 20.7. The Morgan fingerprint density at radius 3 is 2.55 bits per heavy atom. The fourth-order valence-corrected chi connectivity index (χ4v) is 4.34. The fourth-order valence-electron chi connectivity index (χ4n) is 4.34. The molecule has 31 heavy (non-hydrogen) atoms. The van der Waals surface area contributed by atoms with Crippen molar-refractivity contribution in [3.05, 3.63) is 82.9 Å². The summed E-state index contributed by atoms with van der Waals surface area (Å²) in [7, 11) is 4.26. The van der Waals surface area contributed by atoms with Gasteiger partial charge in [-0.15, -0.1) is 0 Å². The summed E-state index contributed by atoms with van der Waals surface area (Å²) >= 11 is 0. The smallest absolute Gasteiger partial charge is 1.00 e. The Bertz CT molecular complexity index is 1030. The summed E-state index contributed by atoms with van der Waals surface area (Å²) in [4.78, 5) is 26.3. The van der Waals surface area contributed by atoms with E-state index in [2.05, 4.69) is 36.4 Å². The Morgan fingerprint density at radius 1 is 1.10 bits per heavy atom. The van der Waals surface area contributed by atoms with Gasteiger partial charge in [0.15, 0.2) is 5.78 Å². The first kappa shape index (κ1) is 23.7. The second-order valence-corrected chi connectivity index (χ2v) is 8.55. The van der Waals surface area contributed by atoms with Crippen molar-refractivity contribution in [3.63, 3.8) is 0 Å². The molecule has 1 amide bonds. The molecular weight excluding hydrogens is 395 g/mol. The van der Waals surface area contributed by atoms with E-state index >= 15 is 0 Å². The van der Waals surface area contributed by atoms with Crippen LogP contribution in [0.15, 0.2) is 60.7 Å². The van der Waals surface area contributed by atoms with Gasteiger partial charge in [-0.3, -0.25) is 9.59 Å². The molecule has 2 aromatic carbocycles. The molecule has 2 aliphatic carbocycles. The summed E-state index contributed by atoms with van der Waals surface area (Å²) in [5, 5.41) is 3.04. The van der Waals surface area contributed by atoms with Crippen molar-refractivity contribution in [2.45, 2.75) is 25.7 Å². The van der Waals surface area contributed by atoms with Gasteiger partial charge >= 0.3 is 29.6 Å². The van der Waals surface area contributed by atoms with E-state index in [1.54, 1.807) is 6.08 Å². The molecule has 1 atom stereocenters. The third-order valence-corrected chi connectivity index (χ3v) is 5.87. The predicted molar refractivity (Wildman–Crippen MR) is 123 cm³/mol. The van der Waals surface area contributed by atoms with Crippen LogP contribution in [0.4, 0.5) is 5.69 Å². The molecule has 2 aliphatic rings. The molecule has 0 saturated heterocycles. The predicted octanol–water partition coefficient (Wildman–Crippen LogP) is 1.63. The van der Waals surface area contributed by atoms with Crippen LogP contribution in [-0.2, 0) is 17.6 Å². The van der Waals surface area contributed by atoms with E-state index < -0.39 is 0 Å². The van der Waals surface area contributed by atoms with Crippen molar-refractivity contribution >= 4 is 23.0 Å². The fraction of sp³-hybridized carbons (Fsp3) is 0.308. The van der Waals surface area contributed by atoms with Crippen molar-refractivity contribution in [2.75, 3.05) is 26.0 Å². The Labute approximate surface area is 208 Å². The Morgan fingerprint density at radius 2 is 1.87 bits per heavy atom. The topological polar surface area (TPSA) is 49.4 Å². The van der Waals surface area contributed by atoms with Gasteiger partial charge in [0.2, 0.25) is 0 Å². The van der Waals surface area contributed by atoms with Crippen LogP contribution in [0.3, 0.4) is 0 Å². The van der Waals surface area contributed by atoms with E-state index in [0.717, 1.165) is 36.2 Å². The SMILES string of the molecule is CN(C)CC1CCc2cc(NC(=O)c3ccc(C4=CCC(=O)C=C4)cc3)ccc2C1.[H-].[Na+]. The molecule has 0 radical (unpaired) electrons. The largest absolute Gasteiger partial charge is 1.00 e. The number of hydrogen-bond acceptors (Lipinski definition) is 3. The summed E-state index contributed by atoms with van der Waals surface area (Å²) in [6, 6.07) is 13.8. The number of carbonyl (C=O) groups is 2. The van der Waals surface area contributed by atoms with E-state index in [4.69, 9.17) is 0 Å². The van der Waals surface area contributed by atoms with Gasteiger partial charge in [0.25, 0.3) is 5.91 Å². The Balaban J connectivity index is 0.00000181.